The van der Waals surface area contributed by atoms with Crippen molar-refractivity contribution in [1.82, 2.24) is 9.62 Å². The average molecular weight is 499 g/mol. The maximum absolute atomic E-state index is 12.2. The lowest BCUT2D eigenvalue weighted by molar-refractivity contribution is -0.385. The highest BCUT2D eigenvalue weighted by molar-refractivity contribution is 14.0. The van der Waals surface area contributed by atoms with Gasteiger partial charge in [-0.1, -0.05) is 6.07 Å². The van der Waals surface area contributed by atoms with Gasteiger partial charge in [0, 0.05) is 31.8 Å². The molecule has 0 bridgehead atoms. The third kappa shape index (κ3) is 6.34. The van der Waals surface area contributed by atoms with Gasteiger partial charge in [-0.25, -0.2) is 13.1 Å². The third-order valence-corrected chi connectivity index (χ3v) is 5.04. The predicted octanol–water partition coefficient (Wildman–Crippen LogP) is 0.527. The number of sulfonamides is 1. The largest absolute Gasteiger partial charge is 0.375 e. The maximum atomic E-state index is 12.2. The van der Waals surface area contributed by atoms with Crippen molar-refractivity contribution in [2.45, 2.75) is 17.9 Å². The Morgan fingerprint density at radius 3 is 2.92 bits per heavy atom. The SMILES string of the molecule is CC1CN(C(N)=NCCNS(=O)(=O)c2cccc([N+](=O)[O-])c2)CCO1.I. The van der Waals surface area contributed by atoms with Crippen molar-refractivity contribution in [3.63, 3.8) is 0 Å². The third-order valence-electron chi connectivity index (χ3n) is 3.58. The van der Waals surface area contributed by atoms with Gasteiger partial charge in [0.1, 0.15) is 0 Å². The van der Waals surface area contributed by atoms with E-state index >= 15 is 0 Å². The molecule has 1 aromatic rings. The fourth-order valence-corrected chi connectivity index (χ4v) is 3.38. The van der Waals surface area contributed by atoms with Crippen LogP contribution in [0.25, 0.3) is 0 Å². The Balaban J connectivity index is 0.00000338. The van der Waals surface area contributed by atoms with Crippen molar-refractivity contribution in [3.8, 4) is 0 Å². The van der Waals surface area contributed by atoms with Crippen LogP contribution in [0.1, 0.15) is 6.92 Å². The number of nitrogens with one attached hydrogen (secondary N) is 1. The Morgan fingerprint density at radius 1 is 1.54 bits per heavy atom. The molecule has 0 radical (unpaired) electrons. The molecule has 1 aliphatic rings. The monoisotopic (exact) mass is 499 g/mol. The molecule has 1 heterocycles. The molecule has 0 saturated carbocycles. The Morgan fingerprint density at radius 2 is 2.27 bits per heavy atom. The van der Waals surface area contributed by atoms with Crippen LogP contribution in [-0.2, 0) is 14.8 Å². The smallest absolute Gasteiger partial charge is 0.270 e. The summed E-state index contributed by atoms with van der Waals surface area (Å²) in [6, 6.07) is 4.85. The second kappa shape index (κ2) is 9.99. The molecule has 12 heteroatoms. The van der Waals surface area contributed by atoms with Crippen molar-refractivity contribution in [2.24, 2.45) is 10.7 Å². The minimum absolute atomic E-state index is 0. The summed E-state index contributed by atoms with van der Waals surface area (Å²) < 4.78 is 32.1. The highest BCUT2D eigenvalue weighted by Gasteiger charge is 2.19. The summed E-state index contributed by atoms with van der Waals surface area (Å²) in [6.07, 6.45) is 0.0647. The van der Waals surface area contributed by atoms with Crippen molar-refractivity contribution in [3.05, 3.63) is 34.4 Å². The topological polar surface area (TPSA) is 140 Å². The normalized spacial score (nSPS) is 18.3. The zero-order valence-corrected chi connectivity index (χ0v) is 17.3. The zero-order chi connectivity index (χ0) is 18.4. The molecule has 0 amide bonds. The molecule has 0 aromatic heterocycles. The lowest BCUT2D eigenvalue weighted by atomic mass is 10.3. The molecule has 26 heavy (non-hydrogen) atoms. The molecule has 1 aromatic carbocycles. The molecule has 0 spiro atoms. The van der Waals surface area contributed by atoms with Crippen molar-refractivity contribution >= 4 is 45.6 Å². The molecule has 0 aliphatic carbocycles. The number of nitro groups is 1. The first kappa shape index (κ1) is 22.5. The van der Waals surface area contributed by atoms with Crippen molar-refractivity contribution < 1.29 is 18.1 Å². The molecule has 10 nitrogen and oxygen atoms in total. The second-order valence-electron chi connectivity index (χ2n) is 5.52. The Labute approximate surface area is 169 Å². The van der Waals surface area contributed by atoms with Gasteiger partial charge in [-0.15, -0.1) is 24.0 Å². The quantitative estimate of drug-likeness (QED) is 0.145. The first-order valence-electron chi connectivity index (χ1n) is 7.70. The summed E-state index contributed by atoms with van der Waals surface area (Å²) in [7, 11) is -3.85. The summed E-state index contributed by atoms with van der Waals surface area (Å²) in [5.41, 5.74) is 5.61. The molecule has 3 N–H and O–H groups in total. The van der Waals surface area contributed by atoms with E-state index in [1.807, 2.05) is 11.8 Å². The van der Waals surface area contributed by atoms with Crippen molar-refractivity contribution in [2.75, 3.05) is 32.8 Å². The van der Waals surface area contributed by atoms with E-state index in [1.54, 1.807) is 0 Å². The lowest BCUT2D eigenvalue weighted by Gasteiger charge is -2.31. The fourth-order valence-electron chi connectivity index (χ4n) is 2.32. The van der Waals surface area contributed by atoms with Gasteiger partial charge in [-0.2, -0.15) is 0 Å². The Hall–Kier alpha value is -1.51. The molecular formula is C14H22IN5O5S. The second-order valence-corrected chi connectivity index (χ2v) is 7.29. The van der Waals surface area contributed by atoms with Crippen molar-refractivity contribution in [1.29, 1.82) is 0 Å². The van der Waals surface area contributed by atoms with Crippen LogP contribution in [0, 0.1) is 10.1 Å². The number of nitro benzene ring substituents is 1. The summed E-state index contributed by atoms with van der Waals surface area (Å²) in [4.78, 5) is 16.0. The van der Waals surface area contributed by atoms with Crippen LogP contribution in [0.3, 0.4) is 0 Å². The van der Waals surface area contributed by atoms with Crippen LogP contribution in [0.15, 0.2) is 34.2 Å². The van der Waals surface area contributed by atoms with E-state index in [-0.39, 0.29) is 53.8 Å². The number of nitrogens with two attached hydrogens (primary N) is 1. The van der Waals surface area contributed by atoms with Crippen LogP contribution in [0.4, 0.5) is 5.69 Å². The highest BCUT2D eigenvalue weighted by Crippen LogP contribution is 2.16. The van der Waals surface area contributed by atoms with Crippen LogP contribution in [0.5, 0.6) is 0 Å². The number of morpholine rings is 1. The van der Waals surface area contributed by atoms with Gasteiger partial charge >= 0.3 is 0 Å². The van der Waals surface area contributed by atoms with Gasteiger partial charge in [-0.3, -0.25) is 15.1 Å². The standard InChI is InChI=1S/C14H21N5O5S.HI/c1-11-10-18(7-8-24-11)14(15)16-5-6-17-25(22,23)13-4-2-3-12(9-13)19(20)21;/h2-4,9,11,17H,5-8,10H2,1H3,(H2,15,16);1H. The number of halogens is 1. The van der Waals surface area contributed by atoms with Crippen LogP contribution in [0.2, 0.25) is 0 Å². The van der Waals surface area contributed by atoms with E-state index in [0.29, 0.717) is 25.7 Å². The molecule has 1 fully saturated rings. The number of hydrogen-bond acceptors (Lipinski definition) is 6. The highest BCUT2D eigenvalue weighted by atomic mass is 127. The van der Waals surface area contributed by atoms with E-state index in [9.17, 15) is 18.5 Å². The lowest BCUT2D eigenvalue weighted by Crippen LogP contribution is -2.48. The molecule has 1 unspecified atom stereocenters. The van der Waals surface area contributed by atoms with E-state index < -0.39 is 14.9 Å². The number of ether oxygens (including phenoxy) is 1. The van der Waals surface area contributed by atoms with Gasteiger partial charge in [0.15, 0.2) is 5.96 Å². The van der Waals surface area contributed by atoms with Gasteiger partial charge in [0.05, 0.1) is 29.1 Å². The van der Waals surface area contributed by atoms with Crippen LogP contribution >= 0.6 is 24.0 Å². The molecule has 1 atom stereocenters. The van der Waals surface area contributed by atoms with Gasteiger partial charge in [0.25, 0.3) is 5.69 Å². The van der Waals surface area contributed by atoms with E-state index in [2.05, 4.69) is 9.71 Å². The molecule has 146 valence electrons. The van der Waals surface area contributed by atoms with Gasteiger partial charge in [0.2, 0.25) is 10.0 Å². The molecule has 1 aliphatic heterocycles. The number of guanidine groups is 1. The minimum Gasteiger partial charge on any atom is -0.375 e. The molecule has 1 saturated heterocycles. The Bertz CT molecular complexity index is 758. The summed E-state index contributed by atoms with van der Waals surface area (Å²) >= 11 is 0. The fraction of sp³-hybridized carbons (Fsp3) is 0.500. The average Bonchev–Trinajstić information content (AvgIpc) is 2.58. The molecule has 2 rings (SSSR count). The summed E-state index contributed by atoms with van der Waals surface area (Å²) in [5.74, 6) is 0.338. The predicted molar refractivity (Wildman–Crippen MR) is 107 cm³/mol. The van der Waals surface area contributed by atoms with Gasteiger partial charge < -0.3 is 15.4 Å². The Kier molecular flexibility index (Phi) is 8.66. The van der Waals surface area contributed by atoms with Crippen LogP contribution < -0.4 is 10.5 Å². The number of hydrogen-bond donors (Lipinski definition) is 2. The summed E-state index contributed by atoms with van der Waals surface area (Å²) in [6.45, 7) is 3.97. The maximum Gasteiger partial charge on any atom is 0.270 e. The number of non-ortho nitro benzene ring substituents is 1. The molecular weight excluding hydrogens is 477 g/mol. The van der Waals surface area contributed by atoms with Gasteiger partial charge in [-0.05, 0) is 13.0 Å². The number of benzene rings is 1. The number of nitrogens with zero attached hydrogens (tertiary/aromatic N) is 3. The number of rotatable bonds is 6. The first-order chi connectivity index (χ1) is 11.8. The van der Waals surface area contributed by atoms with E-state index in [4.69, 9.17) is 10.5 Å². The van der Waals surface area contributed by atoms with Crippen LogP contribution in [-0.4, -0.2) is 63.1 Å². The minimum atomic E-state index is -3.85. The first-order valence-corrected chi connectivity index (χ1v) is 9.18. The number of aliphatic imine (C=N–C) groups is 1. The zero-order valence-electron chi connectivity index (χ0n) is 14.2. The van der Waals surface area contributed by atoms with E-state index in [1.165, 1.54) is 18.2 Å². The summed E-state index contributed by atoms with van der Waals surface area (Å²) in [5, 5.41) is 10.7. The van der Waals surface area contributed by atoms with E-state index in [0.717, 1.165) is 6.07 Å².